The maximum Gasteiger partial charge on any atom is 0.159 e. The highest BCUT2D eigenvalue weighted by Crippen LogP contribution is 2.38. The summed E-state index contributed by atoms with van der Waals surface area (Å²) in [6.07, 6.45) is 4.59. The number of aryl methyl sites for hydroxylation is 2. The summed E-state index contributed by atoms with van der Waals surface area (Å²) in [6.45, 7) is 12.4. The van der Waals surface area contributed by atoms with Crippen molar-refractivity contribution in [1.29, 1.82) is 0 Å². The Morgan fingerprint density at radius 1 is 0.971 bits per heavy atom. The highest BCUT2D eigenvalue weighted by atomic mass is 16.5. The quantitative estimate of drug-likeness (QED) is 0.575. The van der Waals surface area contributed by atoms with E-state index in [2.05, 4.69) is 41.8 Å². The van der Waals surface area contributed by atoms with Gasteiger partial charge in [-0.05, 0) is 68.3 Å². The number of likely N-dealkylation sites (tertiary alicyclic amines) is 1. The molecule has 0 N–H and O–H groups in total. The fourth-order valence-electron chi connectivity index (χ4n) is 6.66. The second-order valence-corrected chi connectivity index (χ2v) is 11.0. The number of benzene rings is 1. The number of aromatic nitrogens is 4. The summed E-state index contributed by atoms with van der Waals surface area (Å²) >= 11 is 0. The molecule has 8 heteroatoms. The molecule has 4 saturated heterocycles. The number of ether oxygens (including phenoxy) is 2. The van der Waals surface area contributed by atoms with Crippen LogP contribution in [0.3, 0.4) is 0 Å². The van der Waals surface area contributed by atoms with Gasteiger partial charge < -0.3 is 14.4 Å². The molecule has 0 saturated carbocycles. The molecule has 3 aromatic rings. The molecule has 0 spiro atoms. The average molecular weight is 475 g/mol. The lowest BCUT2D eigenvalue weighted by Gasteiger charge is -2.44. The number of morpholine rings is 1. The molecule has 8 nitrogen and oxygen atoms in total. The van der Waals surface area contributed by atoms with Crippen LogP contribution >= 0.6 is 0 Å². The highest BCUT2D eigenvalue weighted by Gasteiger charge is 2.40. The number of hydrogen-bond donors (Lipinski definition) is 0. The Morgan fingerprint density at radius 2 is 1.83 bits per heavy atom. The molecule has 1 aromatic carbocycles. The Balaban J connectivity index is 1.22. The fraction of sp³-hybridized carbons (Fsp3) is 0.593. The molecule has 6 heterocycles. The van der Waals surface area contributed by atoms with E-state index < -0.39 is 0 Å². The maximum absolute atomic E-state index is 5.80. The molecule has 7 rings (SSSR count). The molecule has 184 valence electrons. The van der Waals surface area contributed by atoms with Gasteiger partial charge >= 0.3 is 0 Å². The molecular weight excluding hydrogens is 440 g/mol. The molecule has 4 aliphatic rings. The van der Waals surface area contributed by atoms with E-state index in [9.17, 15) is 0 Å². The van der Waals surface area contributed by atoms with E-state index in [0.717, 1.165) is 74.2 Å². The first kappa shape index (κ1) is 21.7. The summed E-state index contributed by atoms with van der Waals surface area (Å²) in [7, 11) is 0. The average Bonchev–Trinajstić information content (AvgIpc) is 3.53. The smallest absolute Gasteiger partial charge is 0.159 e. The topological polar surface area (TPSA) is 68.5 Å². The zero-order valence-corrected chi connectivity index (χ0v) is 20.9. The van der Waals surface area contributed by atoms with E-state index in [1.807, 2.05) is 17.8 Å². The zero-order valence-electron chi connectivity index (χ0n) is 20.9. The third-order valence-electron chi connectivity index (χ3n) is 8.65. The molecule has 2 unspecified atom stereocenters. The number of piperidine rings is 1. The standard InChI is InChI=1S/C27H34N6O2/c1-16-6-19-10-28-33(27-9-26(29-18(3)30-27)32-12-22-7-20(32)15-35-22)25(19)8-24(16)23-4-5-31(11-17(23)2)21-13-34-14-21/h6,8-10,17,20-23H,4-5,7,11-15H2,1-3H3/t17?,20-,22-,23?/m1/s1. The first-order valence-corrected chi connectivity index (χ1v) is 13.1. The summed E-state index contributed by atoms with van der Waals surface area (Å²) < 4.78 is 13.2. The predicted molar refractivity (Wildman–Crippen MR) is 134 cm³/mol. The molecule has 2 aromatic heterocycles. The van der Waals surface area contributed by atoms with Crippen LogP contribution in [0.15, 0.2) is 24.4 Å². The lowest BCUT2D eigenvalue weighted by atomic mass is 9.79. The monoisotopic (exact) mass is 474 g/mol. The lowest BCUT2D eigenvalue weighted by molar-refractivity contribution is -0.0774. The van der Waals surface area contributed by atoms with E-state index >= 15 is 0 Å². The number of anilines is 1. The molecule has 4 atom stereocenters. The minimum Gasteiger partial charge on any atom is -0.378 e. The van der Waals surface area contributed by atoms with Gasteiger partial charge in [0.25, 0.3) is 0 Å². The summed E-state index contributed by atoms with van der Waals surface area (Å²) in [5.41, 5.74) is 3.95. The van der Waals surface area contributed by atoms with Crippen molar-refractivity contribution < 1.29 is 9.47 Å². The van der Waals surface area contributed by atoms with Gasteiger partial charge in [0.05, 0.1) is 49.7 Å². The van der Waals surface area contributed by atoms with E-state index in [-0.39, 0.29) is 0 Å². The number of hydrogen-bond acceptors (Lipinski definition) is 7. The molecule has 0 amide bonds. The molecule has 0 radical (unpaired) electrons. The third-order valence-corrected chi connectivity index (χ3v) is 8.65. The molecule has 2 bridgehead atoms. The molecule has 0 aliphatic carbocycles. The Kier molecular flexibility index (Phi) is 5.12. The Morgan fingerprint density at radius 3 is 2.54 bits per heavy atom. The van der Waals surface area contributed by atoms with Gasteiger partial charge in [0.15, 0.2) is 5.82 Å². The van der Waals surface area contributed by atoms with Gasteiger partial charge in [-0.25, -0.2) is 14.6 Å². The second kappa shape index (κ2) is 8.25. The summed E-state index contributed by atoms with van der Waals surface area (Å²) in [6, 6.07) is 7.82. The van der Waals surface area contributed by atoms with E-state index in [0.29, 0.717) is 30.0 Å². The van der Waals surface area contributed by atoms with Crippen molar-refractivity contribution in [3.63, 3.8) is 0 Å². The van der Waals surface area contributed by atoms with Crippen molar-refractivity contribution in [2.75, 3.05) is 44.4 Å². The van der Waals surface area contributed by atoms with Crippen LogP contribution in [-0.2, 0) is 9.47 Å². The third kappa shape index (κ3) is 3.65. The van der Waals surface area contributed by atoms with E-state index in [4.69, 9.17) is 24.5 Å². The van der Waals surface area contributed by atoms with Crippen LogP contribution in [0, 0.1) is 19.8 Å². The largest absolute Gasteiger partial charge is 0.378 e. The van der Waals surface area contributed by atoms with Gasteiger partial charge in [-0.1, -0.05) is 6.92 Å². The summed E-state index contributed by atoms with van der Waals surface area (Å²) in [4.78, 5) is 14.6. The summed E-state index contributed by atoms with van der Waals surface area (Å²) in [5.74, 6) is 3.77. The van der Waals surface area contributed by atoms with Crippen molar-refractivity contribution in [3.05, 3.63) is 41.3 Å². The van der Waals surface area contributed by atoms with E-state index in [1.165, 1.54) is 17.5 Å². The van der Waals surface area contributed by atoms with Gasteiger partial charge in [-0.3, -0.25) is 4.90 Å². The van der Waals surface area contributed by atoms with Crippen LogP contribution in [-0.4, -0.2) is 82.3 Å². The number of rotatable bonds is 4. The Hall–Kier alpha value is -2.55. The highest BCUT2D eigenvalue weighted by molar-refractivity contribution is 5.82. The predicted octanol–water partition coefficient (Wildman–Crippen LogP) is 3.23. The zero-order chi connectivity index (χ0) is 23.7. The van der Waals surface area contributed by atoms with Gasteiger partial charge in [-0.15, -0.1) is 0 Å². The summed E-state index contributed by atoms with van der Waals surface area (Å²) in [5, 5.41) is 5.95. The van der Waals surface area contributed by atoms with Crippen molar-refractivity contribution in [3.8, 4) is 5.82 Å². The molecule has 4 fully saturated rings. The van der Waals surface area contributed by atoms with Gasteiger partial charge in [0.2, 0.25) is 0 Å². The minimum absolute atomic E-state index is 0.333. The van der Waals surface area contributed by atoms with Gasteiger partial charge in [-0.2, -0.15) is 5.10 Å². The Bertz CT molecular complexity index is 1270. The van der Waals surface area contributed by atoms with Crippen LogP contribution in [0.4, 0.5) is 5.82 Å². The van der Waals surface area contributed by atoms with Crippen molar-refractivity contribution in [2.24, 2.45) is 5.92 Å². The van der Waals surface area contributed by atoms with Crippen LogP contribution in [0.5, 0.6) is 0 Å². The minimum atomic E-state index is 0.333. The van der Waals surface area contributed by atoms with Crippen molar-refractivity contribution in [1.82, 2.24) is 24.6 Å². The lowest BCUT2D eigenvalue weighted by Crippen LogP contribution is -2.53. The van der Waals surface area contributed by atoms with Crippen molar-refractivity contribution in [2.45, 2.75) is 57.7 Å². The fourth-order valence-corrected chi connectivity index (χ4v) is 6.66. The van der Waals surface area contributed by atoms with Crippen LogP contribution in [0.25, 0.3) is 16.7 Å². The second-order valence-electron chi connectivity index (χ2n) is 11.0. The SMILES string of the molecule is Cc1nc(N2C[C@H]3C[C@@H]2CO3)cc(-n2ncc3cc(C)c(C4CCN(C5COC5)CC4C)cc32)n1. The van der Waals surface area contributed by atoms with Crippen molar-refractivity contribution >= 4 is 16.7 Å². The first-order chi connectivity index (χ1) is 17.0. The molecule has 35 heavy (non-hydrogen) atoms. The van der Waals surface area contributed by atoms with E-state index in [1.54, 1.807) is 0 Å². The van der Waals surface area contributed by atoms with Crippen LogP contribution in [0.2, 0.25) is 0 Å². The maximum atomic E-state index is 5.80. The number of nitrogens with zero attached hydrogens (tertiary/aromatic N) is 6. The van der Waals surface area contributed by atoms with Crippen LogP contribution < -0.4 is 4.90 Å². The molecule has 4 aliphatic heterocycles. The Labute approximate surface area is 206 Å². The van der Waals surface area contributed by atoms with Gasteiger partial charge in [0.1, 0.15) is 11.6 Å². The van der Waals surface area contributed by atoms with Gasteiger partial charge in [0, 0.05) is 24.5 Å². The molecular formula is C27H34N6O2. The normalized spacial score (nSPS) is 29.3. The van der Waals surface area contributed by atoms with Crippen LogP contribution in [0.1, 0.15) is 42.6 Å². The number of fused-ring (bicyclic) bond motifs is 3. The first-order valence-electron chi connectivity index (χ1n) is 13.1.